The molecule has 2 aliphatic rings. The van der Waals surface area contributed by atoms with Crippen LogP contribution in [0.2, 0.25) is 0 Å². The summed E-state index contributed by atoms with van der Waals surface area (Å²) in [5.74, 6) is -2.60. The number of hydrogen-bond acceptors (Lipinski definition) is 4. The predicted octanol–water partition coefficient (Wildman–Crippen LogP) is -0.618. The van der Waals surface area contributed by atoms with Crippen LogP contribution in [0.3, 0.4) is 0 Å². The molecule has 1 aliphatic carbocycles. The van der Waals surface area contributed by atoms with Gasteiger partial charge in [-0.15, -0.1) is 0 Å². The first-order chi connectivity index (χ1) is 8.99. The van der Waals surface area contributed by atoms with E-state index >= 15 is 0 Å². The number of hydrogen-bond donors (Lipinski definition) is 3. The van der Waals surface area contributed by atoms with Crippen molar-refractivity contribution in [2.45, 2.75) is 31.2 Å². The quantitative estimate of drug-likeness (QED) is 0.672. The fraction of sp³-hybridized carbons (Fsp3) is 0.455. The topological polar surface area (TPSA) is 121 Å². The van der Waals surface area contributed by atoms with Gasteiger partial charge in [-0.05, 0) is 12.8 Å². The van der Waals surface area contributed by atoms with Crippen LogP contribution in [0.15, 0.2) is 9.59 Å². The van der Waals surface area contributed by atoms with Gasteiger partial charge < -0.3 is 10.4 Å². The first-order valence-corrected chi connectivity index (χ1v) is 5.90. The average molecular weight is 265 g/mol. The molecule has 0 bridgehead atoms. The zero-order valence-electron chi connectivity index (χ0n) is 9.80. The number of anilines is 1. The third kappa shape index (κ3) is 1.76. The molecule has 3 N–H and O–H groups in total. The highest BCUT2D eigenvalue weighted by Crippen LogP contribution is 2.39. The van der Waals surface area contributed by atoms with Crippen LogP contribution in [0.4, 0.5) is 5.82 Å². The molecular weight excluding hydrogens is 254 g/mol. The van der Waals surface area contributed by atoms with Crippen LogP contribution in [-0.2, 0) is 9.59 Å². The summed E-state index contributed by atoms with van der Waals surface area (Å²) in [6.07, 6.45) is 1.14. The average Bonchev–Trinajstić information content (AvgIpc) is 3.05. The summed E-state index contributed by atoms with van der Waals surface area (Å²) < 4.78 is 1.34. The molecule has 1 saturated carbocycles. The molecule has 100 valence electrons. The fourth-order valence-corrected chi connectivity index (χ4v) is 2.40. The molecule has 0 saturated heterocycles. The van der Waals surface area contributed by atoms with Crippen molar-refractivity contribution in [3.05, 3.63) is 26.4 Å². The first-order valence-electron chi connectivity index (χ1n) is 5.90. The Kier molecular flexibility index (Phi) is 2.34. The normalized spacial score (nSPS) is 21.1. The number of carbonyl (C=O) groups is 2. The number of amides is 1. The predicted molar refractivity (Wildman–Crippen MR) is 63.2 cm³/mol. The van der Waals surface area contributed by atoms with Gasteiger partial charge in [-0.3, -0.25) is 23.9 Å². The van der Waals surface area contributed by atoms with Gasteiger partial charge in [0.2, 0.25) is 5.91 Å². The number of H-pyrrole nitrogens is 1. The Bertz CT molecular complexity index is 697. The van der Waals surface area contributed by atoms with Crippen LogP contribution >= 0.6 is 0 Å². The molecule has 1 unspecified atom stereocenters. The molecule has 8 heteroatoms. The second kappa shape index (κ2) is 3.81. The smallest absolute Gasteiger partial charge is 0.330 e. The molecular formula is C11H11N3O5. The van der Waals surface area contributed by atoms with Gasteiger partial charge in [-0.25, -0.2) is 4.79 Å². The van der Waals surface area contributed by atoms with Crippen molar-refractivity contribution in [3.8, 4) is 0 Å². The van der Waals surface area contributed by atoms with E-state index < -0.39 is 35.5 Å². The second-order valence-electron chi connectivity index (χ2n) is 4.76. The molecule has 0 spiro atoms. The highest BCUT2D eigenvalue weighted by Gasteiger charge is 2.40. The lowest BCUT2D eigenvalue weighted by atomic mass is 10.00. The maximum absolute atomic E-state index is 11.8. The van der Waals surface area contributed by atoms with Gasteiger partial charge in [0, 0.05) is 6.04 Å². The molecule has 1 aromatic rings. The van der Waals surface area contributed by atoms with Crippen molar-refractivity contribution in [3.63, 3.8) is 0 Å². The van der Waals surface area contributed by atoms with Crippen LogP contribution < -0.4 is 16.6 Å². The molecule has 1 atom stereocenters. The summed E-state index contributed by atoms with van der Waals surface area (Å²) in [6.45, 7) is 0. The van der Waals surface area contributed by atoms with E-state index in [-0.39, 0.29) is 17.4 Å². The zero-order valence-corrected chi connectivity index (χ0v) is 9.80. The van der Waals surface area contributed by atoms with E-state index in [4.69, 9.17) is 5.11 Å². The third-order valence-corrected chi connectivity index (χ3v) is 3.38. The van der Waals surface area contributed by atoms with Gasteiger partial charge in [-0.1, -0.05) is 0 Å². The fourth-order valence-electron chi connectivity index (χ4n) is 2.40. The van der Waals surface area contributed by atoms with Crippen LogP contribution in [0.1, 0.15) is 36.8 Å². The number of nitrogens with zero attached hydrogens (tertiary/aromatic N) is 1. The van der Waals surface area contributed by atoms with E-state index in [0.29, 0.717) is 0 Å². The third-order valence-electron chi connectivity index (χ3n) is 3.38. The maximum atomic E-state index is 11.8. The van der Waals surface area contributed by atoms with Crippen molar-refractivity contribution in [1.82, 2.24) is 9.55 Å². The van der Waals surface area contributed by atoms with Gasteiger partial charge in [0.1, 0.15) is 5.82 Å². The van der Waals surface area contributed by atoms with Crippen molar-refractivity contribution in [1.29, 1.82) is 0 Å². The maximum Gasteiger partial charge on any atom is 0.330 e. The van der Waals surface area contributed by atoms with E-state index in [1.807, 2.05) is 0 Å². The van der Waals surface area contributed by atoms with E-state index in [9.17, 15) is 19.2 Å². The summed E-state index contributed by atoms with van der Waals surface area (Å²) in [5.41, 5.74) is -1.21. The Morgan fingerprint density at radius 3 is 2.58 bits per heavy atom. The Morgan fingerprint density at radius 1 is 1.32 bits per heavy atom. The van der Waals surface area contributed by atoms with Gasteiger partial charge in [0.05, 0.1) is 17.9 Å². The number of aliphatic carboxylic acids is 1. The monoisotopic (exact) mass is 265 g/mol. The summed E-state index contributed by atoms with van der Waals surface area (Å²) in [7, 11) is 0. The standard InChI is InChI=1S/C11H11N3O5/c15-6(16)3-5-7-8(12-9(5)17)14(4-1-2-4)11(19)13-10(7)18/h4-5H,1-3H2,(H,12,17)(H,15,16)(H,13,18,19). The van der Waals surface area contributed by atoms with Gasteiger partial charge in [0.15, 0.2) is 0 Å². The largest absolute Gasteiger partial charge is 0.481 e. The minimum Gasteiger partial charge on any atom is -0.481 e. The SMILES string of the molecule is O=C(O)CC1C(=O)Nc2c1c(=O)[nH]c(=O)n2C1CC1. The van der Waals surface area contributed by atoms with Gasteiger partial charge in [0.25, 0.3) is 5.56 Å². The first kappa shape index (κ1) is 11.7. The van der Waals surface area contributed by atoms with Crippen molar-refractivity contribution in [2.75, 3.05) is 5.32 Å². The number of rotatable bonds is 3. The highest BCUT2D eigenvalue weighted by atomic mass is 16.4. The number of carboxylic acids is 1. The summed E-state index contributed by atoms with van der Waals surface area (Å²) in [4.78, 5) is 48.3. The highest BCUT2D eigenvalue weighted by molar-refractivity contribution is 6.03. The molecule has 19 heavy (non-hydrogen) atoms. The summed E-state index contributed by atoms with van der Waals surface area (Å²) in [5, 5.41) is 11.3. The van der Waals surface area contributed by atoms with E-state index in [1.54, 1.807) is 0 Å². The number of aromatic amines is 1. The zero-order chi connectivity index (χ0) is 13.7. The Labute approximate surface area is 106 Å². The number of carboxylic acid groups (broad SMARTS) is 1. The molecule has 1 aromatic heterocycles. The second-order valence-corrected chi connectivity index (χ2v) is 4.76. The lowest BCUT2D eigenvalue weighted by Gasteiger charge is -2.09. The summed E-state index contributed by atoms with van der Waals surface area (Å²) in [6, 6.07) is -0.0259. The number of aromatic nitrogens is 2. The minimum atomic E-state index is -1.17. The van der Waals surface area contributed by atoms with Crippen molar-refractivity contribution < 1.29 is 14.7 Å². The lowest BCUT2D eigenvalue weighted by molar-refractivity contribution is -0.138. The number of fused-ring (bicyclic) bond motifs is 1. The lowest BCUT2D eigenvalue weighted by Crippen LogP contribution is -2.32. The van der Waals surface area contributed by atoms with Gasteiger partial charge in [-0.2, -0.15) is 0 Å². The Balaban J connectivity index is 2.20. The van der Waals surface area contributed by atoms with Crippen molar-refractivity contribution in [2.24, 2.45) is 0 Å². The number of carbonyl (C=O) groups excluding carboxylic acids is 1. The Morgan fingerprint density at radius 2 is 2.00 bits per heavy atom. The molecule has 3 rings (SSSR count). The van der Waals surface area contributed by atoms with Gasteiger partial charge >= 0.3 is 11.7 Å². The van der Waals surface area contributed by atoms with Crippen LogP contribution in [0.25, 0.3) is 0 Å². The summed E-state index contributed by atoms with van der Waals surface area (Å²) >= 11 is 0. The molecule has 0 radical (unpaired) electrons. The minimum absolute atomic E-state index is 0.0259. The van der Waals surface area contributed by atoms with Crippen LogP contribution in [0, 0.1) is 0 Å². The molecule has 8 nitrogen and oxygen atoms in total. The van der Waals surface area contributed by atoms with Crippen molar-refractivity contribution >= 4 is 17.7 Å². The van der Waals surface area contributed by atoms with Crippen LogP contribution in [-0.4, -0.2) is 26.5 Å². The molecule has 1 amide bonds. The number of nitrogens with one attached hydrogen (secondary N) is 2. The Hall–Kier alpha value is -2.38. The van der Waals surface area contributed by atoms with E-state index in [1.165, 1.54) is 4.57 Å². The van der Waals surface area contributed by atoms with E-state index in [2.05, 4.69) is 10.3 Å². The molecule has 2 heterocycles. The molecule has 1 aliphatic heterocycles. The molecule has 0 aromatic carbocycles. The molecule has 1 fully saturated rings. The van der Waals surface area contributed by atoms with Crippen LogP contribution in [0.5, 0.6) is 0 Å². The van der Waals surface area contributed by atoms with E-state index in [0.717, 1.165) is 12.8 Å².